The Morgan fingerprint density at radius 2 is 2.06 bits per heavy atom. The van der Waals surface area contributed by atoms with E-state index in [0.717, 1.165) is 5.56 Å². The van der Waals surface area contributed by atoms with Crippen LogP contribution in [0.3, 0.4) is 0 Å². The van der Waals surface area contributed by atoms with E-state index in [4.69, 9.17) is 16.3 Å². The van der Waals surface area contributed by atoms with Gasteiger partial charge in [-0.05, 0) is 13.0 Å². The molecule has 0 aromatic heterocycles. The number of halogens is 1. The predicted molar refractivity (Wildman–Crippen MR) is 70.6 cm³/mol. The van der Waals surface area contributed by atoms with Crippen molar-refractivity contribution in [1.82, 2.24) is 5.32 Å². The van der Waals surface area contributed by atoms with Gasteiger partial charge in [0, 0.05) is 18.2 Å². The second-order valence-electron chi connectivity index (χ2n) is 4.42. The fourth-order valence-electron chi connectivity index (χ4n) is 1.37. The molecule has 0 bridgehead atoms. The molecule has 1 unspecified atom stereocenters. The fraction of sp³-hybridized carbons (Fsp3) is 0.538. The second kappa shape index (κ2) is 6.84. The number of rotatable bonds is 6. The van der Waals surface area contributed by atoms with Gasteiger partial charge in [-0.3, -0.25) is 0 Å². The van der Waals surface area contributed by atoms with Crippen molar-refractivity contribution >= 4 is 11.6 Å². The first-order valence-corrected chi connectivity index (χ1v) is 6.20. The maximum absolute atomic E-state index is 9.23. The fourth-order valence-corrected chi connectivity index (χ4v) is 1.62. The summed E-state index contributed by atoms with van der Waals surface area (Å²) in [5.41, 5.74) is 1.01. The molecule has 1 aromatic rings. The van der Waals surface area contributed by atoms with Crippen LogP contribution in [0.4, 0.5) is 0 Å². The zero-order chi connectivity index (χ0) is 12.8. The van der Waals surface area contributed by atoms with Gasteiger partial charge in [0.2, 0.25) is 0 Å². The Morgan fingerprint density at radius 3 is 2.65 bits per heavy atom. The van der Waals surface area contributed by atoms with Gasteiger partial charge in [0.15, 0.2) is 0 Å². The highest BCUT2D eigenvalue weighted by molar-refractivity contribution is 6.32. The Hall–Kier alpha value is -0.770. The quantitative estimate of drug-likeness (QED) is 0.823. The van der Waals surface area contributed by atoms with Crippen molar-refractivity contribution in [3.05, 3.63) is 28.8 Å². The van der Waals surface area contributed by atoms with E-state index in [1.165, 1.54) is 0 Å². The highest BCUT2D eigenvalue weighted by Crippen LogP contribution is 2.28. The highest BCUT2D eigenvalue weighted by Gasteiger charge is 2.09. The molecule has 0 radical (unpaired) electrons. The second-order valence-corrected chi connectivity index (χ2v) is 4.83. The van der Waals surface area contributed by atoms with Gasteiger partial charge in [0.25, 0.3) is 0 Å². The normalized spacial score (nSPS) is 12.8. The van der Waals surface area contributed by atoms with Crippen LogP contribution in [0.2, 0.25) is 5.02 Å². The summed E-state index contributed by atoms with van der Waals surface area (Å²) in [5, 5.41) is 13.1. The van der Waals surface area contributed by atoms with Gasteiger partial charge < -0.3 is 15.2 Å². The zero-order valence-electron chi connectivity index (χ0n) is 10.5. The third-order valence-electron chi connectivity index (χ3n) is 2.22. The molecule has 1 rings (SSSR count). The zero-order valence-corrected chi connectivity index (χ0v) is 11.3. The molecular formula is C13H20ClNO2. The summed E-state index contributed by atoms with van der Waals surface area (Å²) in [4.78, 5) is 0. The standard InChI is InChI=1S/C13H20ClNO2/c1-9(2)15-7-11-5-4-6-12(14)13(11)17-8-10(3)16/h4-6,9-10,15-16H,7-8H2,1-3H3. The smallest absolute Gasteiger partial charge is 0.142 e. The molecule has 0 fully saturated rings. The van der Waals surface area contributed by atoms with E-state index >= 15 is 0 Å². The van der Waals surface area contributed by atoms with E-state index in [0.29, 0.717) is 23.4 Å². The van der Waals surface area contributed by atoms with E-state index < -0.39 is 6.10 Å². The van der Waals surface area contributed by atoms with Crippen LogP contribution in [0.5, 0.6) is 5.75 Å². The number of aliphatic hydroxyl groups is 1. The molecule has 17 heavy (non-hydrogen) atoms. The molecule has 0 saturated carbocycles. The average Bonchev–Trinajstić information content (AvgIpc) is 2.24. The SMILES string of the molecule is CC(O)COc1c(Cl)cccc1CNC(C)C. The summed E-state index contributed by atoms with van der Waals surface area (Å²) < 4.78 is 5.54. The molecule has 0 amide bonds. The lowest BCUT2D eigenvalue weighted by atomic mass is 10.2. The van der Waals surface area contributed by atoms with Crippen molar-refractivity contribution in [3.63, 3.8) is 0 Å². The Balaban J connectivity index is 2.76. The maximum Gasteiger partial charge on any atom is 0.142 e. The Bertz CT molecular complexity index is 353. The van der Waals surface area contributed by atoms with Crippen molar-refractivity contribution < 1.29 is 9.84 Å². The number of hydrogen-bond donors (Lipinski definition) is 2. The van der Waals surface area contributed by atoms with Crippen LogP contribution in [0.15, 0.2) is 18.2 Å². The number of hydrogen-bond acceptors (Lipinski definition) is 3. The molecule has 0 saturated heterocycles. The first-order chi connectivity index (χ1) is 8.00. The highest BCUT2D eigenvalue weighted by atomic mass is 35.5. The lowest BCUT2D eigenvalue weighted by molar-refractivity contribution is 0.122. The third kappa shape index (κ3) is 4.94. The maximum atomic E-state index is 9.23. The minimum atomic E-state index is -0.503. The molecule has 0 aliphatic carbocycles. The third-order valence-corrected chi connectivity index (χ3v) is 2.52. The Labute approximate surface area is 108 Å². The van der Waals surface area contributed by atoms with Crippen molar-refractivity contribution in [1.29, 1.82) is 0 Å². The van der Waals surface area contributed by atoms with E-state index in [-0.39, 0.29) is 6.61 Å². The number of nitrogens with one attached hydrogen (secondary N) is 1. The van der Waals surface area contributed by atoms with Gasteiger partial charge >= 0.3 is 0 Å². The molecule has 0 aliphatic rings. The molecule has 0 aliphatic heterocycles. The minimum Gasteiger partial charge on any atom is -0.489 e. The van der Waals surface area contributed by atoms with Gasteiger partial charge in [-0.1, -0.05) is 37.6 Å². The summed E-state index contributed by atoms with van der Waals surface area (Å²) >= 11 is 6.09. The summed E-state index contributed by atoms with van der Waals surface area (Å²) in [7, 11) is 0. The van der Waals surface area contributed by atoms with Crippen LogP contribution in [-0.2, 0) is 6.54 Å². The summed E-state index contributed by atoms with van der Waals surface area (Å²) in [6.45, 7) is 6.80. The van der Waals surface area contributed by atoms with Crippen molar-refractivity contribution in [2.45, 2.75) is 39.5 Å². The van der Waals surface area contributed by atoms with Gasteiger partial charge in [-0.15, -0.1) is 0 Å². The van der Waals surface area contributed by atoms with E-state index in [1.54, 1.807) is 13.0 Å². The molecule has 1 aromatic carbocycles. The van der Waals surface area contributed by atoms with Crippen molar-refractivity contribution in [3.8, 4) is 5.75 Å². The molecular weight excluding hydrogens is 238 g/mol. The summed E-state index contributed by atoms with van der Waals surface area (Å²) in [5.74, 6) is 0.656. The molecule has 4 heteroatoms. The number of para-hydroxylation sites is 1. The first kappa shape index (κ1) is 14.3. The van der Waals surface area contributed by atoms with Crippen LogP contribution in [0.25, 0.3) is 0 Å². The molecule has 96 valence electrons. The van der Waals surface area contributed by atoms with Gasteiger partial charge in [-0.2, -0.15) is 0 Å². The van der Waals surface area contributed by atoms with Crippen LogP contribution >= 0.6 is 11.6 Å². The van der Waals surface area contributed by atoms with E-state index in [2.05, 4.69) is 19.2 Å². The average molecular weight is 258 g/mol. The molecule has 2 N–H and O–H groups in total. The Kier molecular flexibility index (Phi) is 5.75. The van der Waals surface area contributed by atoms with Crippen molar-refractivity contribution in [2.75, 3.05) is 6.61 Å². The minimum absolute atomic E-state index is 0.248. The topological polar surface area (TPSA) is 41.5 Å². The number of benzene rings is 1. The Morgan fingerprint density at radius 1 is 1.35 bits per heavy atom. The van der Waals surface area contributed by atoms with Gasteiger partial charge in [0.05, 0.1) is 11.1 Å². The number of aliphatic hydroxyl groups excluding tert-OH is 1. The lowest BCUT2D eigenvalue weighted by Crippen LogP contribution is -2.22. The van der Waals surface area contributed by atoms with Gasteiger partial charge in [-0.25, -0.2) is 0 Å². The molecule has 1 atom stereocenters. The lowest BCUT2D eigenvalue weighted by Gasteiger charge is -2.15. The van der Waals surface area contributed by atoms with Crippen LogP contribution in [0, 0.1) is 0 Å². The monoisotopic (exact) mass is 257 g/mol. The summed E-state index contributed by atoms with van der Waals surface area (Å²) in [6, 6.07) is 6.06. The van der Waals surface area contributed by atoms with Crippen LogP contribution in [0.1, 0.15) is 26.3 Å². The van der Waals surface area contributed by atoms with E-state index in [9.17, 15) is 5.11 Å². The van der Waals surface area contributed by atoms with Gasteiger partial charge in [0.1, 0.15) is 12.4 Å². The largest absolute Gasteiger partial charge is 0.489 e. The summed E-state index contributed by atoms with van der Waals surface area (Å²) in [6.07, 6.45) is -0.503. The van der Waals surface area contributed by atoms with Crippen LogP contribution < -0.4 is 10.1 Å². The number of ether oxygens (including phenoxy) is 1. The first-order valence-electron chi connectivity index (χ1n) is 5.82. The van der Waals surface area contributed by atoms with E-state index in [1.807, 2.05) is 12.1 Å². The molecule has 0 heterocycles. The predicted octanol–water partition coefficient (Wildman–Crippen LogP) is 2.60. The molecule has 0 spiro atoms. The van der Waals surface area contributed by atoms with Crippen molar-refractivity contribution in [2.24, 2.45) is 0 Å². The molecule has 3 nitrogen and oxygen atoms in total. The van der Waals surface area contributed by atoms with Crippen LogP contribution in [-0.4, -0.2) is 23.9 Å².